The Balaban J connectivity index is 1.10. The fraction of sp³-hybridized carbons (Fsp3) is 0.975. The van der Waals surface area contributed by atoms with Gasteiger partial charge < -0.3 is 39.8 Å². The van der Waals surface area contributed by atoms with E-state index in [9.17, 15) is 15.0 Å². The molecule has 2 heterocycles. The molecular weight excluding hydrogens is 634 g/mol. The van der Waals surface area contributed by atoms with E-state index in [0.717, 1.165) is 45.1 Å². The topological polar surface area (TPSA) is 127 Å². The molecule has 0 aromatic carbocycles. The van der Waals surface area contributed by atoms with Crippen molar-refractivity contribution in [3.63, 3.8) is 0 Å². The number of fused-ring (bicyclic) bond motifs is 4. The number of ether oxygens (including phenoxy) is 4. The maximum atomic E-state index is 12.7. The lowest BCUT2D eigenvalue weighted by Crippen LogP contribution is -2.70. The number of hydrogen-bond donors (Lipinski definition) is 3. The molecule has 5 aliphatic carbocycles. The number of nitrogens with zero attached hydrogens (tertiary/aromatic N) is 2. The summed E-state index contributed by atoms with van der Waals surface area (Å²) in [5.74, 6) is 1.33. The molecule has 286 valence electrons. The largest absolute Gasteiger partial charge is 0.388 e. The van der Waals surface area contributed by atoms with Gasteiger partial charge in [-0.05, 0) is 124 Å². The summed E-state index contributed by atoms with van der Waals surface area (Å²) in [5, 5.41) is 23.6. The van der Waals surface area contributed by atoms with Crippen molar-refractivity contribution in [2.45, 2.75) is 161 Å². The van der Waals surface area contributed by atoms with Gasteiger partial charge in [-0.15, -0.1) is 0 Å². The van der Waals surface area contributed by atoms with E-state index < -0.39 is 23.3 Å². The van der Waals surface area contributed by atoms with Gasteiger partial charge in [0.1, 0.15) is 6.10 Å². The highest BCUT2D eigenvalue weighted by atomic mass is 16.7. The van der Waals surface area contributed by atoms with Crippen molar-refractivity contribution >= 4 is 5.91 Å². The molecule has 7 fully saturated rings. The van der Waals surface area contributed by atoms with Crippen LogP contribution in [0, 0.1) is 45.3 Å². The fourth-order valence-corrected chi connectivity index (χ4v) is 14.1. The van der Waals surface area contributed by atoms with Gasteiger partial charge in [0.25, 0.3) is 0 Å². The Morgan fingerprint density at radius 3 is 2.44 bits per heavy atom. The van der Waals surface area contributed by atoms with Crippen molar-refractivity contribution in [3.8, 4) is 0 Å². The zero-order valence-electron chi connectivity index (χ0n) is 32.7. The van der Waals surface area contributed by atoms with E-state index in [0.29, 0.717) is 31.6 Å². The highest BCUT2D eigenvalue weighted by Crippen LogP contribution is 2.87. The third-order valence-corrected chi connectivity index (χ3v) is 16.4. The molecule has 0 bridgehead atoms. The molecule has 2 aliphatic heterocycles. The molecule has 5 saturated carbocycles. The maximum absolute atomic E-state index is 12.7. The summed E-state index contributed by atoms with van der Waals surface area (Å²) in [6.07, 6.45) is 6.26. The number of likely N-dealkylation sites (N-methyl/N-ethyl adjacent to an activating group) is 1. The maximum Gasteiger partial charge on any atom is 0.239 e. The van der Waals surface area contributed by atoms with Crippen molar-refractivity contribution in [2.24, 2.45) is 51.1 Å². The minimum atomic E-state index is -1.06. The van der Waals surface area contributed by atoms with Gasteiger partial charge in [-0.3, -0.25) is 9.69 Å². The van der Waals surface area contributed by atoms with Crippen LogP contribution in [0.1, 0.15) is 107 Å². The van der Waals surface area contributed by atoms with E-state index in [-0.39, 0.29) is 70.0 Å². The molecule has 0 radical (unpaired) electrons. The van der Waals surface area contributed by atoms with Crippen LogP contribution in [0.15, 0.2) is 0 Å². The first-order valence-electron chi connectivity index (χ1n) is 20.0. The normalized spacial score (nSPS) is 49.4. The van der Waals surface area contributed by atoms with E-state index in [1.165, 1.54) is 12.8 Å². The fourth-order valence-electron chi connectivity index (χ4n) is 14.1. The summed E-state index contributed by atoms with van der Waals surface area (Å²) in [7, 11) is 3.63. The molecule has 7 aliphatic rings. The number of aliphatic hydroxyl groups excluding tert-OH is 1. The van der Waals surface area contributed by atoms with E-state index in [1.54, 1.807) is 18.7 Å². The third-order valence-electron chi connectivity index (χ3n) is 16.4. The minimum absolute atomic E-state index is 0.0372. The van der Waals surface area contributed by atoms with Gasteiger partial charge in [0, 0.05) is 27.2 Å². The molecule has 1 amide bonds. The van der Waals surface area contributed by atoms with Crippen LogP contribution in [0.4, 0.5) is 0 Å². The van der Waals surface area contributed by atoms with Crippen molar-refractivity contribution in [1.82, 2.24) is 9.80 Å². The second kappa shape index (κ2) is 12.3. The molecule has 7 rings (SSSR count). The zero-order chi connectivity index (χ0) is 36.4. The number of morpholine rings is 1. The van der Waals surface area contributed by atoms with Crippen LogP contribution in [0.2, 0.25) is 0 Å². The lowest BCUT2D eigenvalue weighted by atomic mass is 9.43. The van der Waals surface area contributed by atoms with Gasteiger partial charge in [0.2, 0.25) is 5.91 Å². The number of carbonyl (C=O) groups excluding carboxylic acids is 1. The van der Waals surface area contributed by atoms with E-state index >= 15 is 0 Å². The Kier molecular flexibility index (Phi) is 9.24. The minimum Gasteiger partial charge on any atom is -0.388 e. The van der Waals surface area contributed by atoms with Crippen LogP contribution in [0.3, 0.4) is 0 Å². The molecule has 2 saturated heterocycles. The summed E-state index contributed by atoms with van der Waals surface area (Å²) in [4.78, 5) is 16.6. The van der Waals surface area contributed by atoms with Gasteiger partial charge in [0.15, 0.2) is 6.29 Å². The Labute approximate surface area is 301 Å². The van der Waals surface area contributed by atoms with Gasteiger partial charge in [0.05, 0.1) is 54.7 Å². The Morgan fingerprint density at radius 1 is 1.10 bits per heavy atom. The van der Waals surface area contributed by atoms with Crippen LogP contribution < -0.4 is 5.73 Å². The Hall–Kier alpha value is -0.850. The van der Waals surface area contributed by atoms with Gasteiger partial charge in [-0.25, -0.2) is 0 Å². The van der Waals surface area contributed by atoms with Crippen LogP contribution >= 0.6 is 0 Å². The first-order valence-corrected chi connectivity index (χ1v) is 20.0. The molecule has 0 aromatic heterocycles. The average Bonchev–Trinajstić information content (AvgIpc) is 3.68. The molecule has 0 aromatic rings. The summed E-state index contributed by atoms with van der Waals surface area (Å²) < 4.78 is 26.0. The third kappa shape index (κ3) is 5.11. The molecule has 50 heavy (non-hydrogen) atoms. The highest BCUT2D eigenvalue weighted by molar-refractivity contribution is 5.80. The van der Waals surface area contributed by atoms with E-state index in [4.69, 9.17) is 24.7 Å². The number of nitrogens with two attached hydrogens (primary N) is 1. The van der Waals surface area contributed by atoms with Crippen LogP contribution in [0.5, 0.6) is 0 Å². The second-order valence-corrected chi connectivity index (χ2v) is 19.6. The first-order chi connectivity index (χ1) is 23.3. The van der Waals surface area contributed by atoms with Crippen molar-refractivity contribution < 1.29 is 34.0 Å². The predicted molar refractivity (Wildman–Crippen MR) is 191 cm³/mol. The smallest absolute Gasteiger partial charge is 0.239 e. The summed E-state index contributed by atoms with van der Waals surface area (Å²) >= 11 is 0. The first kappa shape index (κ1) is 37.5. The number of rotatable bonds is 8. The van der Waals surface area contributed by atoms with Gasteiger partial charge in [-0.2, -0.15) is 0 Å². The van der Waals surface area contributed by atoms with E-state index in [1.807, 2.05) is 27.9 Å². The monoisotopic (exact) mass is 704 g/mol. The Morgan fingerprint density at radius 2 is 1.78 bits per heavy atom. The van der Waals surface area contributed by atoms with Crippen molar-refractivity contribution in [2.75, 3.05) is 40.4 Å². The number of aliphatic hydroxyl groups is 2. The van der Waals surface area contributed by atoms with Crippen LogP contribution in [-0.4, -0.2) is 120 Å². The van der Waals surface area contributed by atoms with Gasteiger partial charge >= 0.3 is 0 Å². The molecule has 2 spiro atoms. The van der Waals surface area contributed by atoms with Gasteiger partial charge in [-0.1, -0.05) is 27.7 Å². The average molecular weight is 704 g/mol. The summed E-state index contributed by atoms with van der Waals surface area (Å²) in [6.45, 7) is 19.5. The van der Waals surface area contributed by atoms with Crippen molar-refractivity contribution in [1.29, 1.82) is 0 Å². The van der Waals surface area contributed by atoms with Crippen LogP contribution in [-0.2, 0) is 23.7 Å². The summed E-state index contributed by atoms with van der Waals surface area (Å²) in [6, 6.07) is -0.202. The molecule has 15 atom stereocenters. The summed E-state index contributed by atoms with van der Waals surface area (Å²) in [5.41, 5.74) is 6.14. The predicted octanol–water partition coefficient (Wildman–Crippen LogP) is 4.19. The molecule has 15 unspecified atom stereocenters. The molecular formula is C40H69N3O7. The highest BCUT2D eigenvalue weighted by Gasteiger charge is 2.85. The molecule has 4 N–H and O–H groups in total. The Bertz CT molecular complexity index is 1310. The quantitative estimate of drug-likeness (QED) is 0.341. The molecule has 10 nitrogen and oxygen atoms in total. The van der Waals surface area contributed by atoms with E-state index in [2.05, 4.69) is 32.6 Å². The molecule has 10 heteroatoms. The SMILES string of the molecule is CCOC(C1CC(C)C2C(O1)C(O)C1(N)C3CCC4C(C)(C)C(OC5CN(C(C)C(=O)N(C)C)CCO5)CCC45CC35CCC21C)C(C)(C)O. The number of carbonyl (C=O) groups is 1. The zero-order valence-corrected chi connectivity index (χ0v) is 32.7. The lowest BCUT2D eigenvalue weighted by Gasteiger charge is -2.63. The van der Waals surface area contributed by atoms with Crippen molar-refractivity contribution in [3.05, 3.63) is 0 Å². The number of amides is 1. The standard InChI is InChI=1S/C40H69N3O7/c1-11-47-33(36(6,7)46)25-20-23(2)30-31(49-25)32(44)40(41)27-13-12-26-35(4,5)28(14-15-38(26)22-39(27,38)17-16-37(30,40)8)50-29-21-43(18-19-48-29)24(3)34(45)42(9)10/h23-33,44,46H,11-22,41H2,1-10H3. The second-order valence-electron chi connectivity index (χ2n) is 19.6. The van der Waals surface area contributed by atoms with Crippen LogP contribution in [0.25, 0.3) is 0 Å². The lowest BCUT2D eigenvalue weighted by molar-refractivity contribution is -0.248. The number of hydrogen-bond acceptors (Lipinski definition) is 9.